The van der Waals surface area contributed by atoms with E-state index < -0.39 is 24.3 Å². The molecule has 0 amide bonds. The summed E-state index contributed by atoms with van der Waals surface area (Å²) in [6.07, 6.45) is -4.78. The van der Waals surface area contributed by atoms with Crippen molar-refractivity contribution in [2.24, 2.45) is 0 Å². The number of carboxylic acids is 2. The van der Waals surface area contributed by atoms with Crippen molar-refractivity contribution in [3.8, 4) is 0 Å². The van der Waals surface area contributed by atoms with Crippen LogP contribution in [0.25, 0.3) is 0 Å². The number of ether oxygens (including phenoxy) is 1. The second kappa shape index (κ2) is 12.3. The molecule has 0 saturated carbocycles. The molecule has 14 heteroatoms. The van der Waals surface area contributed by atoms with E-state index in [1.165, 1.54) is 12.1 Å². The monoisotopic (exact) mass is 503 g/mol. The van der Waals surface area contributed by atoms with Crippen molar-refractivity contribution >= 4 is 11.9 Å². The van der Waals surface area contributed by atoms with Crippen molar-refractivity contribution in [1.29, 1.82) is 0 Å². The summed E-state index contributed by atoms with van der Waals surface area (Å²) in [4.78, 5) is 27.0. The maximum absolute atomic E-state index is 10.6. The van der Waals surface area contributed by atoms with Gasteiger partial charge in [0.1, 0.15) is 0 Å². The number of likely N-dealkylation sites (tertiary alicyclic amines) is 1. The van der Waals surface area contributed by atoms with E-state index in [1.807, 2.05) is 12.3 Å². The summed E-state index contributed by atoms with van der Waals surface area (Å²) in [5.41, 5.74) is 1.32. The molecule has 194 valence electrons. The number of pyridine rings is 1. The minimum atomic E-state index is -5.08. The molecule has 1 aromatic rings. The maximum Gasteiger partial charge on any atom is 0.490 e. The van der Waals surface area contributed by atoms with Crippen LogP contribution in [0.5, 0.6) is 0 Å². The van der Waals surface area contributed by atoms with E-state index in [4.69, 9.17) is 24.5 Å². The first-order valence-corrected chi connectivity index (χ1v) is 10.1. The average molecular weight is 503 g/mol. The summed E-state index contributed by atoms with van der Waals surface area (Å²) >= 11 is 0. The van der Waals surface area contributed by atoms with Gasteiger partial charge < -0.3 is 19.8 Å². The second-order valence-electron chi connectivity index (χ2n) is 8.02. The summed E-state index contributed by atoms with van der Waals surface area (Å²) in [6.45, 7) is 4.11. The lowest BCUT2D eigenvalue weighted by molar-refractivity contribution is -0.193. The Morgan fingerprint density at radius 2 is 1.59 bits per heavy atom. The smallest absolute Gasteiger partial charge is 0.475 e. The van der Waals surface area contributed by atoms with Crippen molar-refractivity contribution in [3.63, 3.8) is 0 Å². The Morgan fingerprint density at radius 1 is 1.09 bits per heavy atom. The quantitative estimate of drug-likeness (QED) is 0.607. The molecule has 1 spiro atoms. The van der Waals surface area contributed by atoms with Crippen LogP contribution in [0.3, 0.4) is 0 Å². The minimum absolute atomic E-state index is 0.148. The molecule has 0 radical (unpaired) electrons. The highest BCUT2D eigenvalue weighted by Crippen LogP contribution is 2.37. The lowest BCUT2D eigenvalue weighted by atomic mass is 9.87. The lowest BCUT2D eigenvalue weighted by Crippen LogP contribution is -2.44. The van der Waals surface area contributed by atoms with E-state index in [1.54, 1.807) is 0 Å². The third kappa shape index (κ3) is 10.2. The van der Waals surface area contributed by atoms with Crippen LogP contribution in [0.2, 0.25) is 0 Å². The van der Waals surface area contributed by atoms with Gasteiger partial charge in [-0.3, -0.25) is 9.88 Å². The Morgan fingerprint density at radius 3 is 1.94 bits per heavy atom. The molecule has 0 bridgehead atoms. The summed E-state index contributed by atoms with van der Waals surface area (Å²) in [5, 5.41) is 14.2. The summed E-state index contributed by atoms with van der Waals surface area (Å²) in [7, 11) is 4.31. The summed E-state index contributed by atoms with van der Waals surface area (Å²) < 4.78 is 69.6. The molecule has 2 N–H and O–H groups in total. The van der Waals surface area contributed by atoms with E-state index in [0.29, 0.717) is 6.04 Å². The zero-order valence-corrected chi connectivity index (χ0v) is 18.6. The van der Waals surface area contributed by atoms with Gasteiger partial charge in [0.05, 0.1) is 17.9 Å². The van der Waals surface area contributed by atoms with Crippen LogP contribution in [0, 0.1) is 0 Å². The molecule has 1 atom stereocenters. The van der Waals surface area contributed by atoms with E-state index in [2.05, 4.69) is 41.0 Å². The zero-order chi connectivity index (χ0) is 26.2. The van der Waals surface area contributed by atoms with E-state index in [0.717, 1.165) is 39.1 Å². The highest BCUT2D eigenvalue weighted by Gasteiger charge is 2.43. The highest BCUT2D eigenvalue weighted by molar-refractivity contribution is 5.73. The maximum atomic E-state index is 10.6. The third-order valence-electron chi connectivity index (χ3n) is 5.28. The third-order valence-corrected chi connectivity index (χ3v) is 5.28. The van der Waals surface area contributed by atoms with Crippen molar-refractivity contribution < 1.29 is 50.9 Å². The van der Waals surface area contributed by atoms with Gasteiger partial charge in [-0.1, -0.05) is 6.07 Å². The molecule has 2 saturated heterocycles. The summed E-state index contributed by atoms with van der Waals surface area (Å²) in [5.74, 6) is -5.51. The Kier molecular flexibility index (Phi) is 10.7. The van der Waals surface area contributed by atoms with Crippen LogP contribution in [-0.2, 0) is 20.9 Å². The molecule has 1 unspecified atom stereocenters. The molecular weight excluding hydrogens is 476 g/mol. The van der Waals surface area contributed by atoms with E-state index >= 15 is 0 Å². The average Bonchev–Trinajstić information content (AvgIpc) is 3.14. The molecule has 1 aromatic heterocycles. The van der Waals surface area contributed by atoms with Crippen molar-refractivity contribution in [3.05, 3.63) is 30.1 Å². The van der Waals surface area contributed by atoms with Gasteiger partial charge in [-0.2, -0.15) is 26.3 Å². The first kappa shape index (κ1) is 29.6. The number of nitrogens with zero attached hydrogens (tertiary/aromatic N) is 3. The minimum Gasteiger partial charge on any atom is -0.475 e. The fraction of sp³-hybridized carbons (Fsp3) is 0.650. The number of aromatic nitrogens is 1. The molecule has 0 aliphatic carbocycles. The molecule has 34 heavy (non-hydrogen) atoms. The van der Waals surface area contributed by atoms with E-state index in [9.17, 15) is 26.3 Å². The molecule has 8 nitrogen and oxygen atoms in total. The standard InChI is InChI=1S/C16H25N3O.2C2HF3O2/c1-18(2)15-11-16(20-13-15)6-9-19(10-7-16)12-14-5-3-4-8-17-14;2*3-2(4,5)1(6)7/h3-5,8,15H,6-7,9-13H2,1-2H3;2*(H,6,7). The van der Waals surface area contributed by atoms with Gasteiger partial charge in [0, 0.05) is 31.9 Å². The number of carboxylic acid groups (broad SMARTS) is 2. The molecule has 2 fully saturated rings. The fourth-order valence-electron chi connectivity index (χ4n) is 3.34. The number of rotatable bonds is 3. The molecule has 2 aliphatic heterocycles. The van der Waals surface area contributed by atoms with Crippen LogP contribution in [0.1, 0.15) is 25.0 Å². The second-order valence-corrected chi connectivity index (χ2v) is 8.02. The van der Waals surface area contributed by atoms with Crippen LogP contribution in [-0.4, -0.2) is 94.7 Å². The van der Waals surface area contributed by atoms with Crippen LogP contribution < -0.4 is 0 Å². The lowest BCUT2D eigenvalue weighted by Gasteiger charge is -2.38. The van der Waals surface area contributed by atoms with Gasteiger partial charge in [-0.25, -0.2) is 9.59 Å². The van der Waals surface area contributed by atoms with Crippen LogP contribution in [0.4, 0.5) is 26.3 Å². The first-order valence-electron chi connectivity index (χ1n) is 10.1. The summed E-state index contributed by atoms with van der Waals surface area (Å²) in [6, 6.07) is 6.74. The number of carbonyl (C=O) groups is 2. The van der Waals surface area contributed by atoms with Crippen molar-refractivity contribution in [2.45, 2.75) is 49.8 Å². The number of likely N-dealkylation sites (N-methyl/N-ethyl adjacent to an activating group) is 1. The number of piperidine rings is 1. The van der Waals surface area contributed by atoms with Gasteiger partial charge in [-0.15, -0.1) is 0 Å². The molecule has 0 aromatic carbocycles. The largest absolute Gasteiger partial charge is 0.490 e. The molecule has 3 rings (SSSR count). The Balaban J connectivity index is 0.000000343. The van der Waals surface area contributed by atoms with Gasteiger partial charge in [0.25, 0.3) is 0 Å². The normalized spacial score (nSPS) is 20.2. The fourth-order valence-corrected chi connectivity index (χ4v) is 3.34. The Hall–Kier alpha value is -2.45. The molecule has 3 heterocycles. The number of aliphatic carboxylic acids is 2. The van der Waals surface area contributed by atoms with Crippen LogP contribution >= 0.6 is 0 Å². The van der Waals surface area contributed by atoms with Crippen molar-refractivity contribution in [2.75, 3.05) is 33.8 Å². The SMILES string of the molecule is CN(C)C1COC2(CCN(Cc3ccccn3)CC2)C1.O=C(O)C(F)(F)F.O=C(O)C(F)(F)F. The van der Waals surface area contributed by atoms with E-state index in [-0.39, 0.29) is 5.60 Å². The predicted molar refractivity (Wildman–Crippen MR) is 107 cm³/mol. The first-order chi connectivity index (χ1) is 15.6. The number of alkyl halides is 6. The Bertz CT molecular complexity index is 757. The number of halogens is 6. The highest BCUT2D eigenvalue weighted by atomic mass is 19.4. The van der Waals surface area contributed by atoms with Gasteiger partial charge in [-0.05, 0) is 45.5 Å². The molecular formula is C20H27F6N3O5. The zero-order valence-electron chi connectivity index (χ0n) is 18.6. The Labute approximate surface area is 192 Å². The number of hydrogen-bond acceptors (Lipinski definition) is 6. The van der Waals surface area contributed by atoms with Gasteiger partial charge in [0.2, 0.25) is 0 Å². The topological polar surface area (TPSA) is 103 Å². The molecule has 2 aliphatic rings. The number of hydrogen-bond donors (Lipinski definition) is 2. The van der Waals surface area contributed by atoms with Gasteiger partial charge in [0.15, 0.2) is 0 Å². The van der Waals surface area contributed by atoms with Crippen LogP contribution in [0.15, 0.2) is 24.4 Å². The van der Waals surface area contributed by atoms with Crippen molar-refractivity contribution in [1.82, 2.24) is 14.8 Å². The predicted octanol–water partition coefficient (Wildman–Crippen LogP) is 3.03. The van der Waals surface area contributed by atoms with Gasteiger partial charge >= 0.3 is 24.3 Å².